The maximum atomic E-state index is 12.7. The van der Waals surface area contributed by atoms with Crippen molar-refractivity contribution >= 4 is 35.2 Å². The van der Waals surface area contributed by atoms with Gasteiger partial charge in [0.2, 0.25) is 0 Å². The number of hydrogen-bond acceptors (Lipinski definition) is 6. The van der Waals surface area contributed by atoms with Crippen LogP contribution in [0.2, 0.25) is 0 Å². The second kappa shape index (κ2) is 8.87. The number of thiophene rings is 1. The summed E-state index contributed by atoms with van der Waals surface area (Å²) in [5, 5.41) is 7.22. The van der Waals surface area contributed by atoms with Crippen LogP contribution in [0.1, 0.15) is 17.4 Å². The molecule has 2 aromatic rings. The molecule has 2 heterocycles. The lowest BCUT2D eigenvalue weighted by molar-refractivity contribution is -0.151. The Bertz CT molecular complexity index is 900. The molecule has 1 fully saturated rings. The maximum Gasteiger partial charge on any atom is 0.326 e. The van der Waals surface area contributed by atoms with Crippen LogP contribution in [0.15, 0.2) is 47.8 Å². The lowest BCUT2D eigenvalue weighted by atomic mass is 9.92. The van der Waals surface area contributed by atoms with E-state index in [0.717, 1.165) is 9.78 Å². The van der Waals surface area contributed by atoms with Crippen molar-refractivity contribution in [1.29, 1.82) is 0 Å². The van der Waals surface area contributed by atoms with Crippen molar-refractivity contribution in [3.05, 3.63) is 58.3 Å². The average Bonchev–Trinajstić information content (AvgIpc) is 3.30. The molecule has 152 valence electrons. The molecule has 0 radical (unpaired) electrons. The summed E-state index contributed by atoms with van der Waals surface area (Å²) in [6, 6.07) is 12.0. The summed E-state index contributed by atoms with van der Waals surface area (Å²) in [5.74, 6) is -1.83. The van der Waals surface area contributed by atoms with Gasteiger partial charge in [-0.15, -0.1) is 11.3 Å². The SMILES string of the molecule is C[C@@]1(c2ccccc2)NC(=O)N(CC(=O)OCC(=O)NCCc2cccs2)C1=O. The fourth-order valence-electron chi connectivity index (χ4n) is 2.96. The van der Waals surface area contributed by atoms with E-state index in [1.807, 2.05) is 17.5 Å². The van der Waals surface area contributed by atoms with E-state index in [-0.39, 0.29) is 0 Å². The van der Waals surface area contributed by atoms with Crippen molar-refractivity contribution in [3.8, 4) is 0 Å². The number of urea groups is 1. The van der Waals surface area contributed by atoms with Crippen molar-refractivity contribution < 1.29 is 23.9 Å². The van der Waals surface area contributed by atoms with Crippen LogP contribution >= 0.6 is 11.3 Å². The van der Waals surface area contributed by atoms with Crippen molar-refractivity contribution in [3.63, 3.8) is 0 Å². The third kappa shape index (κ3) is 4.80. The Hall–Kier alpha value is -3.20. The third-order valence-corrected chi connectivity index (χ3v) is 5.49. The van der Waals surface area contributed by atoms with Gasteiger partial charge in [0.15, 0.2) is 6.61 Å². The van der Waals surface area contributed by atoms with Crippen LogP contribution < -0.4 is 10.6 Å². The normalized spacial score (nSPS) is 18.4. The first-order valence-electron chi connectivity index (χ1n) is 9.04. The van der Waals surface area contributed by atoms with Crippen molar-refractivity contribution in [2.45, 2.75) is 18.9 Å². The van der Waals surface area contributed by atoms with E-state index in [4.69, 9.17) is 4.74 Å². The Morgan fingerprint density at radius 1 is 1.17 bits per heavy atom. The molecule has 0 unspecified atom stereocenters. The standard InChI is InChI=1S/C20H21N3O5S/c1-20(14-6-3-2-4-7-14)18(26)23(19(27)22-20)12-17(25)28-13-16(24)21-10-9-15-8-5-11-29-15/h2-8,11H,9-10,12-13H2,1H3,(H,21,24)(H,22,27)/t20-/m0/s1. The van der Waals surface area contributed by atoms with Gasteiger partial charge in [-0.05, 0) is 30.4 Å². The quantitative estimate of drug-likeness (QED) is 0.501. The highest BCUT2D eigenvalue weighted by molar-refractivity contribution is 7.09. The summed E-state index contributed by atoms with van der Waals surface area (Å²) in [7, 11) is 0. The molecular formula is C20H21N3O5S. The highest BCUT2D eigenvalue weighted by atomic mass is 32.1. The van der Waals surface area contributed by atoms with Crippen molar-refractivity contribution in [1.82, 2.24) is 15.5 Å². The van der Waals surface area contributed by atoms with Crippen molar-refractivity contribution in [2.75, 3.05) is 19.7 Å². The number of amides is 4. The van der Waals surface area contributed by atoms with Crippen LogP contribution in [0, 0.1) is 0 Å². The number of rotatable bonds is 8. The summed E-state index contributed by atoms with van der Waals surface area (Å²) in [6.07, 6.45) is 0.692. The van der Waals surface area contributed by atoms with Crippen LogP contribution in [-0.4, -0.2) is 48.4 Å². The minimum absolute atomic E-state index is 0.430. The molecule has 1 aliphatic rings. The number of nitrogens with zero attached hydrogens (tertiary/aromatic N) is 1. The van der Waals surface area contributed by atoms with Crippen molar-refractivity contribution in [2.24, 2.45) is 0 Å². The maximum absolute atomic E-state index is 12.7. The summed E-state index contributed by atoms with van der Waals surface area (Å²) in [6.45, 7) is 0.979. The summed E-state index contributed by atoms with van der Waals surface area (Å²) in [5.41, 5.74) is -0.642. The van der Waals surface area contributed by atoms with E-state index in [1.54, 1.807) is 48.6 Å². The number of carbonyl (C=O) groups excluding carboxylic acids is 4. The largest absolute Gasteiger partial charge is 0.454 e. The van der Waals surface area contributed by atoms with Gasteiger partial charge in [0.25, 0.3) is 11.8 Å². The minimum atomic E-state index is -1.25. The predicted molar refractivity (Wildman–Crippen MR) is 106 cm³/mol. The zero-order valence-electron chi connectivity index (χ0n) is 15.8. The molecule has 4 amide bonds. The molecule has 2 N–H and O–H groups in total. The second-order valence-electron chi connectivity index (χ2n) is 6.65. The Labute approximate surface area is 171 Å². The van der Waals surface area contributed by atoms with Gasteiger partial charge in [-0.1, -0.05) is 36.4 Å². The van der Waals surface area contributed by atoms with Gasteiger partial charge in [0.05, 0.1) is 0 Å². The Morgan fingerprint density at radius 3 is 2.62 bits per heavy atom. The molecule has 0 saturated carbocycles. The van der Waals surface area contributed by atoms with Gasteiger partial charge in [0.1, 0.15) is 12.1 Å². The molecule has 1 aromatic carbocycles. The van der Waals surface area contributed by atoms with E-state index < -0.39 is 42.5 Å². The van der Waals surface area contributed by atoms with E-state index in [1.165, 1.54) is 0 Å². The predicted octanol–water partition coefficient (Wildman–Crippen LogP) is 1.42. The number of esters is 1. The fraction of sp³-hybridized carbons (Fsp3) is 0.300. The molecule has 1 saturated heterocycles. The summed E-state index contributed by atoms with van der Waals surface area (Å²) in [4.78, 5) is 50.7. The molecular weight excluding hydrogens is 394 g/mol. The van der Waals surface area contributed by atoms with E-state index in [9.17, 15) is 19.2 Å². The molecule has 0 spiro atoms. The van der Waals surface area contributed by atoms with Crippen LogP contribution in [0.4, 0.5) is 4.79 Å². The first kappa shape index (κ1) is 20.5. The minimum Gasteiger partial charge on any atom is -0.454 e. The fourth-order valence-corrected chi connectivity index (χ4v) is 3.67. The molecule has 3 rings (SSSR count). The highest BCUT2D eigenvalue weighted by Gasteiger charge is 2.49. The lowest BCUT2D eigenvalue weighted by Gasteiger charge is -2.21. The van der Waals surface area contributed by atoms with Crippen LogP contribution in [-0.2, 0) is 31.1 Å². The first-order chi connectivity index (χ1) is 13.9. The van der Waals surface area contributed by atoms with Gasteiger partial charge in [-0.25, -0.2) is 4.79 Å². The zero-order chi connectivity index (χ0) is 20.9. The number of nitrogens with one attached hydrogen (secondary N) is 2. The molecule has 9 heteroatoms. The Morgan fingerprint density at radius 2 is 1.93 bits per heavy atom. The zero-order valence-corrected chi connectivity index (χ0v) is 16.7. The lowest BCUT2D eigenvalue weighted by Crippen LogP contribution is -2.42. The van der Waals surface area contributed by atoms with Crippen LogP contribution in [0.5, 0.6) is 0 Å². The number of benzene rings is 1. The van der Waals surface area contributed by atoms with E-state index in [2.05, 4.69) is 10.6 Å². The number of carbonyl (C=O) groups is 4. The van der Waals surface area contributed by atoms with Gasteiger partial charge >= 0.3 is 12.0 Å². The molecule has 0 aliphatic carbocycles. The van der Waals surface area contributed by atoms with Crippen LogP contribution in [0.3, 0.4) is 0 Å². The molecule has 0 bridgehead atoms. The molecule has 29 heavy (non-hydrogen) atoms. The Balaban J connectivity index is 1.47. The van der Waals surface area contributed by atoms with Gasteiger partial charge in [-0.3, -0.25) is 19.3 Å². The monoisotopic (exact) mass is 415 g/mol. The van der Waals surface area contributed by atoms with E-state index >= 15 is 0 Å². The molecule has 1 aliphatic heterocycles. The average molecular weight is 415 g/mol. The van der Waals surface area contributed by atoms with Gasteiger partial charge in [-0.2, -0.15) is 0 Å². The number of hydrogen-bond donors (Lipinski definition) is 2. The molecule has 8 nitrogen and oxygen atoms in total. The van der Waals surface area contributed by atoms with Gasteiger partial charge < -0.3 is 15.4 Å². The first-order valence-corrected chi connectivity index (χ1v) is 9.92. The molecule has 1 aromatic heterocycles. The highest BCUT2D eigenvalue weighted by Crippen LogP contribution is 2.28. The van der Waals surface area contributed by atoms with Crippen LogP contribution in [0.25, 0.3) is 0 Å². The smallest absolute Gasteiger partial charge is 0.326 e. The second-order valence-corrected chi connectivity index (χ2v) is 7.68. The number of ether oxygens (including phenoxy) is 1. The molecule has 1 atom stereocenters. The van der Waals surface area contributed by atoms with E-state index in [0.29, 0.717) is 18.5 Å². The van der Waals surface area contributed by atoms with Gasteiger partial charge in [0, 0.05) is 11.4 Å². The topological polar surface area (TPSA) is 105 Å². The third-order valence-electron chi connectivity index (χ3n) is 4.55. The number of imide groups is 1. The summed E-state index contributed by atoms with van der Waals surface area (Å²) < 4.78 is 4.90. The Kier molecular flexibility index (Phi) is 6.28. The summed E-state index contributed by atoms with van der Waals surface area (Å²) >= 11 is 1.60.